The summed E-state index contributed by atoms with van der Waals surface area (Å²) in [4.78, 5) is 23.4. The zero-order valence-corrected chi connectivity index (χ0v) is 16.6. The van der Waals surface area contributed by atoms with Gasteiger partial charge >= 0.3 is 0 Å². The third-order valence-corrected chi connectivity index (χ3v) is 5.86. The van der Waals surface area contributed by atoms with Crippen molar-refractivity contribution in [2.75, 3.05) is 24.3 Å². The number of benzene rings is 1. The molecule has 1 amide bonds. The molecule has 4 rings (SSSR count). The van der Waals surface area contributed by atoms with Gasteiger partial charge in [0.15, 0.2) is 0 Å². The molecule has 2 aromatic rings. The van der Waals surface area contributed by atoms with Crippen LogP contribution in [0.2, 0.25) is 0 Å². The summed E-state index contributed by atoms with van der Waals surface area (Å²) in [6.07, 6.45) is 6.81. The van der Waals surface area contributed by atoms with E-state index in [0.29, 0.717) is 17.9 Å². The minimum atomic E-state index is 0.153. The lowest BCUT2D eigenvalue weighted by atomic mass is 9.91. The Morgan fingerprint density at radius 3 is 2.46 bits per heavy atom. The van der Waals surface area contributed by atoms with Crippen LogP contribution in [-0.4, -0.2) is 42.1 Å². The maximum absolute atomic E-state index is 12.6. The van der Waals surface area contributed by atoms with Crippen LogP contribution < -0.4 is 15.5 Å². The monoisotopic (exact) mass is 379 g/mol. The SMILES string of the molecule is CN(C)c1ccnc(NC2CCC(NC(=O)C3C[C@H]3c3ccccc3)CC2)n1. The van der Waals surface area contributed by atoms with Gasteiger partial charge in [0.2, 0.25) is 11.9 Å². The Bertz CT molecular complexity index is 802. The molecule has 2 aliphatic carbocycles. The van der Waals surface area contributed by atoms with Crippen LogP contribution in [0.15, 0.2) is 42.6 Å². The fourth-order valence-corrected chi connectivity index (χ4v) is 4.09. The van der Waals surface area contributed by atoms with Gasteiger partial charge in [0.25, 0.3) is 0 Å². The molecule has 1 heterocycles. The van der Waals surface area contributed by atoms with Crippen LogP contribution in [0.4, 0.5) is 11.8 Å². The number of hydrogen-bond donors (Lipinski definition) is 2. The molecule has 28 heavy (non-hydrogen) atoms. The smallest absolute Gasteiger partial charge is 0.224 e. The first-order chi connectivity index (χ1) is 13.6. The largest absolute Gasteiger partial charge is 0.363 e. The number of anilines is 2. The average Bonchev–Trinajstić information content (AvgIpc) is 3.51. The van der Waals surface area contributed by atoms with Crippen LogP contribution in [0, 0.1) is 5.92 Å². The molecule has 0 bridgehead atoms. The molecule has 2 fully saturated rings. The second-order valence-electron chi connectivity index (χ2n) is 8.19. The molecule has 2 aliphatic rings. The Morgan fingerprint density at radius 1 is 1.04 bits per heavy atom. The predicted octanol–water partition coefficient (Wildman–Crippen LogP) is 3.19. The van der Waals surface area contributed by atoms with E-state index >= 15 is 0 Å². The van der Waals surface area contributed by atoms with Crippen LogP contribution in [0.5, 0.6) is 0 Å². The molecule has 0 saturated heterocycles. The third-order valence-electron chi connectivity index (χ3n) is 5.86. The van der Waals surface area contributed by atoms with E-state index in [0.717, 1.165) is 37.9 Å². The van der Waals surface area contributed by atoms with Crippen molar-refractivity contribution in [3.05, 3.63) is 48.2 Å². The number of aromatic nitrogens is 2. The molecule has 1 aromatic carbocycles. The van der Waals surface area contributed by atoms with Gasteiger partial charge in [-0.05, 0) is 49.7 Å². The summed E-state index contributed by atoms with van der Waals surface area (Å²) in [5, 5.41) is 6.74. The van der Waals surface area contributed by atoms with Gasteiger partial charge in [-0.2, -0.15) is 4.98 Å². The quantitative estimate of drug-likeness (QED) is 0.807. The first kappa shape index (κ1) is 18.7. The Labute approximate surface area is 166 Å². The van der Waals surface area contributed by atoms with Crippen molar-refractivity contribution in [2.24, 2.45) is 5.92 Å². The standard InChI is InChI=1S/C22H29N5O/c1-27(2)20-12-13-23-22(26-20)25-17-10-8-16(9-11-17)24-21(28)19-14-18(19)15-6-4-3-5-7-15/h3-7,12-13,16-19H,8-11,14H2,1-2H3,(H,24,28)(H,23,25,26)/t16?,17?,18-,19?/m0/s1. The van der Waals surface area contributed by atoms with Gasteiger partial charge < -0.3 is 15.5 Å². The Kier molecular flexibility index (Phi) is 5.46. The van der Waals surface area contributed by atoms with E-state index in [-0.39, 0.29) is 17.9 Å². The van der Waals surface area contributed by atoms with Crippen LogP contribution >= 0.6 is 0 Å². The molecule has 2 saturated carbocycles. The normalized spacial score (nSPS) is 26.4. The minimum absolute atomic E-state index is 0.153. The number of amides is 1. The lowest BCUT2D eigenvalue weighted by Gasteiger charge is -2.30. The van der Waals surface area contributed by atoms with E-state index in [2.05, 4.69) is 44.9 Å². The highest BCUT2D eigenvalue weighted by Crippen LogP contribution is 2.47. The molecule has 1 unspecified atom stereocenters. The highest BCUT2D eigenvalue weighted by atomic mass is 16.2. The van der Waals surface area contributed by atoms with Gasteiger partial charge in [-0.25, -0.2) is 4.98 Å². The third kappa shape index (κ3) is 4.43. The average molecular weight is 380 g/mol. The molecule has 2 N–H and O–H groups in total. The zero-order valence-electron chi connectivity index (χ0n) is 16.6. The summed E-state index contributed by atoms with van der Waals surface area (Å²) in [6, 6.07) is 12.9. The van der Waals surface area contributed by atoms with Gasteiger partial charge in [0.1, 0.15) is 5.82 Å². The topological polar surface area (TPSA) is 70.2 Å². The Hall–Kier alpha value is -2.63. The lowest BCUT2D eigenvalue weighted by Crippen LogP contribution is -2.41. The second-order valence-corrected chi connectivity index (χ2v) is 8.19. The van der Waals surface area contributed by atoms with Gasteiger partial charge in [0.05, 0.1) is 0 Å². The predicted molar refractivity (Wildman–Crippen MR) is 111 cm³/mol. The molecular formula is C22H29N5O. The number of nitrogens with zero attached hydrogens (tertiary/aromatic N) is 3. The molecule has 2 atom stereocenters. The van der Waals surface area contributed by atoms with E-state index in [4.69, 9.17) is 0 Å². The number of carbonyl (C=O) groups excluding carboxylic acids is 1. The summed E-state index contributed by atoms with van der Waals surface area (Å²) < 4.78 is 0. The fourth-order valence-electron chi connectivity index (χ4n) is 4.09. The van der Waals surface area contributed by atoms with Crippen molar-refractivity contribution in [3.8, 4) is 0 Å². The number of rotatable bonds is 6. The summed E-state index contributed by atoms with van der Waals surface area (Å²) in [6.45, 7) is 0. The first-order valence-electron chi connectivity index (χ1n) is 10.2. The number of hydrogen-bond acceptors (Lipinski definition) is 5. The van der Waals surface area contributed by atoms with Crippen molar-refractivity contribution < 1.29 is 4.79 Å². The van der Waals surface area contributed by atoms with E-state index in [9.17, 15) is 4.79 Å². The maximum atomic E-state index is 12.6. The highest BCUT2D eigenvalue weighted by molar-refractivity contribution is 5.83. The van der Waals surface area contributed by atoms with E-state index < -0.39 is 0 Å². The summed E-state index contributed by atoms with van der Waals surface area (Å²) >= 11 is 0. The summed E-state index contributed by atoms with van der Waals surface area (Å²) in [5.41, 5.74) is 1.29. The molecule has 0 radical (unpaired) electrons. The maximum Gasteiger partial charge on any atom is 0.224 e. The minimum Gasteiger partial charge on any atom is -0.363 e. The molecule has 0 aliphatic heterocycles. The van der Waals surface area contributed by atoms with Crippen molar-refractivity contribution in [3.63, 3.8) is 0 Å². The van der Waals surface area contributed by atoms with Crippen molar-refractivity contribution >= 4 is 17.7 Å². The molecule has 6 heteroatoms. The van der Waals surface area contributed by atoms with Gasteiger partial charge in [0, 0.05) is 38.3 Å². The van der Waals surface area contributed by atoms with E-state index in [1.165, 1.54) is 5.56 Å². The van der Waals surface area contributed by atoms with Crippen molar-refractivity contribution in [2.45, 2.75) is 50.1 Å². The molecule has 6 nitrogen and oxygen atoms in total. The van der Waals surface area contributed by atoms with E-state index in [1.807, 2.05) is 31.1 Å². The second kappa shape index (κ2) is 8.17. The molecule has 1 aromatic heterocycles. The summed E-state index contributed by atoms with van der Waals surface area (Å²) in [5.74, 6) is 2.37. The Balaban J connectivity index is 1.23. The Morgan fingerprint density at radius 2 is 1.75 bits per heavy atom. The van der Waals surface area contributed by atoms with E-state index in [1.54, 1.807) is 6.20 Å². The summed E-state index contributed by atoms with van der Waals surface area (Å²) in [7, 11) is 3.95. The van der Waals surface area contributed by atoms with Crippen molar-refractivity contribution in [1.82, 2.24) is 15.3 Å². The van der Waals surface area contributed by atoms with Crippen molar-refractivity contribution in [1.29, 1.82) is 0 Å². The van der Waals surface area contributed by atoms with Crippen LogP contribution in [-0.2, 0) is 4.79 Å². The lowest BCUT2D eigenvalue weighted by molar-refractivity contribution is -0.123. The number of carbonyl (C=O) groups is 1. The van der Waals surface area contributed by atoms with Gasteiger partial charge in [-0.3, -0.25) is 4.79 Å². The zero-order chi connectivity index (χ0) is 19.5. The van der Waals surface area contributed by atoms with Crippen LogP contribution in [0.1, 0.15) is 43.6 Å². The molecule has 0 spiro atoms. The first-order valence-corrected chi connectivity index (χ1v) is 10.2. The van der Waals surface area contributed by atoms with Gasteiger partial charge in [-0.15, -0.1) is 0 Å². The number of nitrogens with one attached hydrogen (secondary N) is 2. The highest BCUT2D eigenvalue weighted by Gasteiger charge is 2.44. The van der Waals surface area contributed by atoms with Crippen LogP contribution in [0.25, 0.3) is 0 Å². The molecular weight excluding hydrogens is 350 g/mol. The van der Waals surface area contributed by atoms with Crippen LogP contribution in [0.3, 0.4) is 0 Å². The fraction of sp³-hybridized carbons (Fsp3) is 0.500. The van der Waals surface area contributed by atoms with Gasteiger partial charge in [-0.1, -0.05) is 30.3 Å². The molecule has 148 valence electrons.